The van der Waals surface area contributed by atoms with E-state index in [4.69, 9.17) is 23.2 Å². The van der Waals surface area contributed by atoms with Gasteiger partial charge in [-0.25, -0.2) is 0 Å². The Morgan fingerprint density at radius 1 is 1.11 bits per heavy atom. The van der Waals surface area contributed by atoms with Gasteiger partial charge in [0, 0.05) is 27.8 Å². The Labute approximate surface area is 116 Å². The summed E-state index contributed by atoms with van der Waals surface area (Å²) in [4.78, 5) is 0. The zero-order chi connectivity index (χ0) is 13.1. The molecule has 0 aliphatic carbocycles. The summed E-state index contributed by atoms with van der Waals surface area (Å²) in [5, 5.41) is 14.3. The number of halogens is 2. The minimum Gasteiger partial charge on any atom is -0.508 e. The lowest BCUT2D eigenvalue weighted by Gasteiger charge is -2.09. The average molecular weight is 282 g/mol. The molecule has 4 heteroatoms. The highest BCUT2D eigenvalue weighted by Crippen LogP contribution is 2.24. The first-order chi connectivity index (χ1) is 8.56. The molecule has 0 aromatic heterocycles. The summed E-state index contributed by atoms with van der Waals surface area (Å²) < 4.78 is 0. The minimum absolute atomic E-state index is 0.234. The van der Waals surface area contributed by atoms with Crippen LogP contribution in [0.4, 0.5) is 5.69 Å². The van der Waals surface area contributed by atoms with Crippen LogP contribution in [0.2, 0.25) is 10.0 Å². The van der Waals surface area contributed by atoms with Crippen molar-refractivity contribution in [1.29, 1.82) is 0 Å². The second-order valence-corrected chi connectivity index (χ2v) is 4.93. The Balaban J connectivity index is 2.11. The quantitative estimate of drug-likeness (QED) is 0.861. The fourth-order valence-electron chi connectivity index (χ4n) is 1.65. The summed E-state index contributed by atoms with van der Waals surface area (Å²) in [5.41, 5.74) is 2.73. The molecule has 94 valence electrons. The van der Waals surface area contributed by atoms with E-state index >= 15 is 0 Å². The third-order valence-electron chi connectivity index (χ3n) is 2.68. The number of phenolic OH excluding ortho intramolecular Hbond substituents is 1. The van der Waals surface area contributed by atoms with Crippen molar-refractivity contribution in [2.45, 2.75) is 13.5 Å². The molecule has 2 N–H and O–H groups in total. The first-order valence-corrected chi connectivity index (χ1v) is 6.29. The number of aromatic hydroxyl groups is 1. The van der Waals surface area contributed by atoms with Gasteiger partial charge in [0.25, 0.3) is 0 Å². The maximum absolute atomic E-state index is 9.69. The predicted molar refractivity (Wildman–Crippen MR) is 76.6 cm³/mol. The molecule has 0 saturated carbocycles. The number of nitrogens with one attached hydrogen (secondary N) is 1. The normalized spacial score (nSPS) is 10.4. The van der Waals surface area contributed by atoms with E-state index in [1.807, 2.05) is 25.1 Å². The Kier molecular flexibility index (Phi) is 4.00. The van der Waals surface area contributed by atoms with Gasteiger partial charge in [-0.1, -0.05) is 23.2 Å². The van der Waals surface area contributed by atoms with E-state index in [1.54, 1.807) is 18.2 Å². The first kappa shape index (κ1) is 13.1. The molecule has 2 nitrogen and oxygen atoms in total. The standard InChI is InChI=1S/C14H13Cl2NO/c1-9-6-12(3-4-13(9)16)17-8-10-7-11(15)2-5-14(10)18/h2-7,17-18H,8H2,1H3. The minimum atomic E-state index is 0.234. The van der Waals surface area contributed by atoms with Crippen molar-refractivity contribution in [3.63, 3.8) is 0 Å². The van der Waals surface area contributed by atoms with Gasteiger partial charge in [-0.2, -0.15) is 0 Å². The molecule has 18 heavy (non-hydrogen) atoms. The second-order valence-electron chi connectivity index (χ2n) is 4.09. The van der Waals surface area contributed by atoms with Crippen molar-refractivity contribution in [1.82, 2.24) is 0 Å². The number of phenols is 1. The molecule has 2 aromatic carbocycles. The topological polar surface area (TPSA) is 32.3 Å². The van der Waals surface area contributed by atoms with Crippen molar-refractivity contribution in [3.8, 4) is 5.75 Å². The summed E-state index contributed by atoms with van der Waals surface area (Å²) in [6.45, 7) is 2.46. The van der Waals surface area contributed by atoms with Gasteiger partial charge in [0.1, 0.15) is 5.75 Å². The van der Waals surface area contributed by atoms with E-state index < -0.39 is 0 Å². The van der Waals surface area contributed by atoms with Crippen molar-refractivity contribution in [3.05, 3.63) is 57.6 Å². The smallest absolute Gasteiger partial charge is 0.120 e. The fraction of sp³-hybridized carbons (Fsp3) is 0.143. The molecule has 0 radical (unpaired) electrons. The third-order valence-corrected chi connectivity index (χ3v) is 3.34. The lowest BCUT2D eigenvalue weighted by atomic mass is 10.2. The third kappa shape index (κ3) is 3.09. The molecule has 0 saturated heterocycles. The lowest BCUT2D eigenvalue weighted by Crippen LogP contribution is -2.00. The number of rotatable bonds is 3. The molecule has 0 spiro atoms. The van der Waals surface area contributed by atoms with Crippen LogP contribution in [0, 0.1) is 6.92 Å². The summed E-state index contributed by atoms with van der Waals surface area (Å²) in [6.07, 6.45) is 0. The van der Waals surface area contributed by atoms with Gasteiger partial charge in [-0.15, -0.1) is 0 Å². The maximum atomic E-state index is 9.69. The molecule has 0 amide bonds. The number of hydrogen-bond acceptors (Lipinski definition) is 2. The van der Waals surface area contributed by atoms with E-state index in [1.165, 1.54) is 0 Å². The number of anilines is 1. The average Bonchev–Trinajstić information content (AvgIpc) is 2.34. The molecule has 2 rings (SSSR count). The molecule has 0 fully saturated rings. The zero-order valence-corrected chi connectivity index (χ0v) is 11.4. The Morgan fingerprint density at radius 2 is 1.89 bits per heavy atom. The summed E-state index contributed by atoms with van der Waals surface area (Å²) in [6, 6.07) is 10.7. The van der Waals surface area contributed by atoms with Crippen LogP contribution in [-0.4, -0.2) is 5.11 Å². The van der Waals surface area contributed by atoms with Crippen LogP contribution in [0.1, 0.15) is 11.1 Å². The van der Waals surface area contributed by atoms with Crippen LogP contribution in [0.15, 0.2) is 36.4 Å². The highest BCUT2D eigenvalue weighted by molar-refractivity contribution is 6.31. The number of aryl methyl sites for hydroxylation is 1. The van der Waals surface area contributed by atoms with Gasteiger partial charge in [0.2, 0.25) is 0 Å². The lowest BCUT2D eigenvalue weighted by molar-refractivity contribution is 0.469. The molecule has 0 unspecified atom stereocenters. The SMILES string of the molecule is Cc1cc(NCc2cc(Cl)ccc2O)ccc1Cl. The van der Waals surface area contributed by atoms with E-state index in [-0.39, 0.29) is 5.75 Å². The van der Waals surface area contributed by atoms with Gasteiger partial charge >= 0.3 is 0 Å². The summed E-state index contributed by atoms with van der Waals surface area (Å²) in [7, 11) is 0. The highest BCUT2D eigenvalue weighted by Gasteiger charge is 2.03. The Hall–Kier alpha value is -1.38. The molecule has 0 aliphatic heterocycles. The molecule has 0 bridgehead atoms. The Bertz CT molecular complexity index is 570. The van der Waals surface area contributed by atoms with Gasteiger partial charge in [0.05, 0.1) is 0 Å². The van der Waals surface area contributed by atoms with Crippen LogP contribution in [0.3, 0.4) is 0 Å². The van der Waals surface area contributed by atoms with Crippen LogP contribution in [0.25, 0.3) is 0 Å². The van der Waals surface area contributed by atoms with Crippen LogP contribution >= 0.6 is 23.2 Å². The van der Waals surface area contributed by atoms with E-state index in [9.17, 15) is 5.11 Å². The second kappa shape index (κ2) is 5.51. The molecule has 2 aromatic rings. The molecular formula is C14H13Cl2NO. The van der Waals surface area contributed by atoms with Crippen molar-refractivity contribution in [2.24, 2.45) is 0 Å². The molecule has 0 atom stereocenters. The predicted octanol–water partition coefficient (Wildman–Crippen LogP) is 4.62. The monoisotopic (exact) mass is 281 g/mol. The van der Waals surface area contributed by atoms with Crippen molar-refractivity contribution >= 4 is 28.9 Å². The summed E-state index contributed by atoms with van der Waals surface area (Å²) >= 11 is 11.8. The van der Waals surface area contributed by atoms with Gasteiger partial charge < -0.3 is 10.4 Å². The molecular weight excluding hydrogens is 269 g/mol. The molecule has 0 heterocycles. The van der Waals surface area contributed by atoms with Crippen molar-refractivity contribution in [2.75, 3.05) is 5.32 Å². The summed E-state index contributed by atoms with van der Waals surface area (Å²) in [5.74, 6) is 0.234. The number of benzene rings is 2. The van der Waals surface area contributed by atoms with Crippen LogP contribution in [0.5, 0.6) is 5.75 Å². The fourth-order valence-corrected chi connectivity index (χ4v) is 1.96. The largest absolute Gasteiger partial charge is 0.508 e. The maximum Gasteiger partial charge on any atom is 0.120 e. The zero-order valence-electron chi connectivity index (χ0n) is 9.87. The van der Waals surface area contributed by atoms with Gasteiger partial charge in [0.15, 0.2) is 0 Å². The first-order valence-electron chi connectivity index (χ1n) is 5.53. The Morgan fingerprint density at radius 3 is 2.61 bits per heavy atom. The van der Waals surface area contributed by atoms with Crippen LogP contribution in [-0.2, 0) is 6.54 Å². The van der Waals surface area contributed by atoms with Gasteiger partial charge in [-0.05, 0) is 48.9 Å². The highest BCUT2D eigenvalue weighted by atomic mass is 35.5. The number of hydrogen-bond donors (Lipinski definition) is 2. The van der Waals surface area contributed by atoms with E-state index in [0.717, 1.165) is 21.8 Å². The molecule has 0 aliphatic rings. The van der Waals surface area contributed by atoms with Crippen molar-refractivity contribution < 1.29 is 5.11 Å². The van der Waals surface area contributed by atoms with Crippen LogP contribution < -0.4 is 5.32 Å². The van der Waals surface area contributed by atoms with E-state index in [2.05, 4.69) is 5.32 Å². The van der Waals surface area contributed by atoms with E-state index in [0.29, 0.717) is 11.6 Å². The van der Waals surface area contributed by atoms with Gasteiger partial charge in [-0.3, -0.25) is 0 Å².